The molecule has 5 rings (SSSR count). The lowest BCUT2D eigenvalue weighted by molar-refractivity contribution is -0.128. The number of carbonyl (C=O) groups is 3. The Labute approximate surface area is 170 Å². The van der Waals surface area contributed by atoms with E-state index in [9.17, 15) is 18.6 Å². The summed E-state index contributed by atoms with van der Waals surface area (Å²) in [5, 5.41) is 1.97. The fourth-order valence-corrected chi connectivity index (χ4v) is 6.93. The standard InChI is InChI=1S/C22H21NO5S/c1-21(2)14-9-10-22(21,17(24)11-14)12-29(27)28-23-19(25)15-7-3-5-13-6-4-8-16(18(13)15)20(23)26/h3-8,14H,9-12H2,1-2H3. The van der Waals surface area contributed by atoms with Gasteiger partial charge >= 0.3 is 0 Å². The highest BCUT2D eigenvalue weighted by molar-refractivity contribution is 7.80. The highest BCUT2D eigenvalue weighted by Gasteiger charge is 2.64. The first kappa shape index (κ1) is 18.6. The molecule has 150 valence electrons. The van der Waals surface area contributed by atoms with Crippen molar-refractivity contribution in [1.82, 2.24) is 5.06 Å². The van der Waals surface area contributed by atoms with Gasteiger partial charge in [-0.3, -0.25) is 14.4 Å². The second-order valence-corrected chi connectivity index (χ2v) is 9.85. The van der Waals surface area contributed by atoms with Gasteiger partial charge in [-0.05, 0) is 41.7 Å². The lowest BCUT2D eigenvalue weighted by Gasteiger charge is -2.36. The van der Waals surface area contributed by atoms with Crippen LogP contribution in [0.3, 0.4) is 0 Å². The largest absolute Gasteiger partial charge is 0.299 e. The molecule has 2 fully saturated rings. The molecule has 3 atom stereocenters. The van der Waals surface area contributed by atoms with Crippen LogP contribution in [0.1, 0.15) is 53.8 Å². The van der Waals surface area contributed by atoms with Crippen LogP contribution < -0.4 is 0 Å². The Morgan fingerprint density at radius 1 is 1.07 bits per heavy atom. The predicted octanol–water partition coefficient (Wildman–Crippen LogP) is 3.43. The number of hydroxylamine groups is 2. The molecule has 0 aromatic heterocycles. The van der Waals surface area contributed by atoms with Crippen LogP contribution in [0.15, 0.2) is 36.4 Å². The molecule has 2 amide bonds. The van der Waals surface area contributed by atoms with Crippen LogP contribution in [-0.2, 0) is 20.2 Å². The van der Waals surface area contributed by atoms with Gasteiger partial charge in [0.1, 0.15) is 5.78 Å². The molecule has 3 aliphatic rings. The lowest BCUT2D eigenvalue weighted by Crippen LogP contribution is -2.45. The molecule has 0 N–H and O–H groups in total. The molecule has 7 heteroatoms. The number of amides is 2. The average molecular weight is 411 g/mol. The summed E-state index contributed by atoms with van der Waals surface area (Å²) in [7, 11) is 0. The molecule has 2 aromatic rings. The topological polar surface area (TPSA) is 80.8 Å². The van der Waals surface area contributed by atoms with Crippen LogP contribution in [0.25, 0.3) is 10.8 Å². The molecule has 1 aliphatic heterocycles. The number of imide groups is 1. The van der Waals surface area contributed by atoms with Gasteiger partial charge in [-0.1, -0.05) is 38.1 Å². The van der Waals surface area contributed by atoms with E-state index in [1.807, 2.05) is 26.0 Å². The predicted molar refractivity (Wildman–Crippen MR) is 107 cm³/mol. The minimum absolute atomic E-state index is 0.00175. The number of Topliss-reactive ketones (excluding diaryl/α,β-unsaturated/α-hetero) is 1. The molecule has 2 bridgehead atoms. The summed E-state index contributed by atoms with van der Waals surface area (Å²) in [5.41, 5.74) is -0.309. The molecule has 2 aromatic carbocycles. The van der Waals surface area contributed by atoms with E-state index < -0.39 is 28.3 Å². The van der Waals surface area contributed by atoms with Crippen molar-refractivity contribution in [3.05, 3.63) is 47.5 Å². The van der Waals surface area contributed by atoms with Crippen molar-refractivity contribution in [2.45, 2.75) is 33.1 Å². The number of hydrogen-bond donors (Lipinski definition) is 0. The van der Waals surface area contributed by atoms with Crippen molar-refractivity contribution in [1.29, 1.82) is 0 Å². The third kappa shape index (κ3) is 2.37. The van der Waals surface area contributed by atoms with Gasteiger partial charge < -0.3 is 0 Å². The van der Waals surface area contributed by atoms with Crippen LogP contribution in [0.2, 0.25) is 0 Å². The molecule has 2 aliphatic carbocycles. The summed E-state index contributed by atoms with van der Waals surface area (Å²) >= 11 is -1.99. The quantitative estimate of drug-likeness (QED) is 0.720. The second-order valence-electron chi connectivity index (χ2n) is 8.80. The van der Waals surface area contributed by atoms with E-state index in [2.05, 4.69) is 0 Å². The summed E-state index contributed by atoms with van der Waals surface area (Å²) in [5.74, 6) is -0.868. The number of hydrogen-bond acceptors (Lipinski definition) is 5. The molecule has 29 heavy (non-hydrogen) atoms. The van der Waals surface area contributed by atoms with Gasteiger partial charge in [0.15, 0.2) is 11.1 Å². The van der Waals surface area contributed by atoms with Gasteiger partial charge in [0.05, 0.1) is 16.9 Å². The Kier molecular flexibility index (Phi) is 3.89. The number of benzene rings is 2. The molecule has 0 spiro atoms. The number of nitrogens with zero attached hydrogens (tertiary/aromatic N) is 1. The Morgan fingerprint density at radius 2 is 1.69 bits per heavy atom. The first-order chi connectivity index (χ1) is 13.8. The molecule has 6 nitrogen and oxygen atoms in total. The molecule has 0 radical (unpaired) electrons. The molecule has 2 saturated carbocycles. The molecular formula is C22H21NO5S. The van der Waals surface area contributed by atoms with Crippen molar-refractivity contribution in [2.24, 2.45) is 16.7 Å². The SMILES string of the molecule is CC1(C)C2CCC1(CS(=O)ON1C(=O)c3cccc4cccc(c34)C1=O)C(=O)C2. The zero-order valence-corrected chi connectivity index (χ0v) is 17.1. The lowest BCUT2D eigenvalue weighted by atomic mass is 9.70. The molecular weight excluding hydrogens is 390 g/mol. The molecule has 3 unspecified atom stereocenters. The summed E-state index contributed by atoms with van der Waals surface area (Å²) in [4.78, 5) is 38.5. The van der Waals surface area contributed by atoms with E-state index in [-0.39, 0.29) is 22.9 Å². The van der Waals surface area contributed by atoms with Gasteiger partial charge in [0.2, 0.25) is 0 Å². The van der Waals surface area contributed by atoms with Crippen molar-refractivity contribution in [3.8, 4) is 0 Å². The zero-order valence-electron chi connectivity index (χ0n) is 16.3. The summed E-state index contributed by atoms with van der Waals surface area (Å²) < 4.78 is 18.3. The molecule has 0 saturated heterocycles. The fraction of sp³-hybridized carbons (Fsp3) is 0.409. The van der Waals surface area contributed by atoms with E-state index in [1.54, 1.807) is 24.3 Å². The number of carbonyl (C=O) groups excluding carboxylic acids is 3. The average Bonchev–Trinajstić information content (AvgIpc) is 3.03. The normalized spacial score (nSPS) is 28.4. The maximum absolute atomic E-state index is 12.9. The van der Waals surface area contributed by atoms with Crippen molar-refractivity contribution < 1.29 is 22.9 Å². The third-order valence-corrected chi connectivity index (χ3v) is 8.44. The zero-order chi connectivity index (χ0) is 20.6. The van der Waals surface area contributed by atoms with Crippen molar-refractivity contribution in [2.75, 3.05) is 5.75 Å². The summed E-state index contributed by atoms with van der Waals surface area (Å²) in [6.45, 7) is 4.09. The minimum Gasteiger partial charge on any atom is -0.299 e. The van der Waals surface area contributed by atoms with Gasteiger partial charge in [0, 0.05) is 17.2 Å². The fourth-order valence-electron chi connectivity index (χ4n) is 5.50. The Balaban J connectivity index is 1.44. The van der Waals surface area contributed by atoms with Crippen LogP contribution in [0, 0.1) is 16.7 Å². The third-order valence-electron chi connectivity index (χ3n) is 7.40. The van der Waals surface area contributed by atoms with Gasteiger partial charge in [-0.2, -0.15) is 4.28 Å². The van der Waals surface area contributed by atoms with Gasteiger partial charge in [0.25, 0.3) is 11.8 Å². The second kappa shape index (κ2) is 6.06. The highest BCUT2D eigenvalue weighted by atomic mass is 32.2. The Bertz CT molecular complexity index is 1070. The first-order valence-corrected chi connectivity index (χ1v) is 11.0. The van der Waals surface area contributed by atoms with E-state index in [4.69, 9.17) is 4.28 Å². The van der Waals surface area contributed by atoms with E-state index in [0.29, 0.717) is 34.4 Å². The van der Waals surface area contributed by atoms with E-state index in [0.717, 1.165) is 11.8 Å². The maximum Gasteiger partial charge on any atom is 0.286 e. The number of rotatable bonds is 4. The highest BCUT2D eigenvalue weighted by Crippen LogP contribution is 2.64. The molecule has 1 heterocycles. The van der Waals surface area contributed by atoms with Crippen molar-refractivity contribution in [3.63, 3.8) is 0 Å². The van der Waals surface area contributed by atoms with E-state index >= 15 is 0 Å². The number of ketones is 1. The summed E-state index contributed by atoms with van der Waals surface area (Å²) in [6, 6.07) is 10.4. The van der Waals surface area contributed by atoms with E-state index in [1.165, 1.54) is 0 Å². The van der Waals surface area contributed by atoms with Crippen LogP contribution in [0.4, 0.5) is 0 Å². The van der Waals surface area contributed by atoms with Crippen LogP contribution in [-0.4, -0.2) is 32.6 Å². The van der Waals surface area contributed by atoms with Crippen molar-refractivity contribution >= 4 is 39.5 Å². The summed E-state index contributed by atoms with van der Waals surface area (Å²) in [6.07, 6.45) is 2.09. The number of fused-ring (bicyclic) bond motifs is 2. The smallest absolute Gasteiger partial charge is 0.286 e. The monoisotopic (exact) mass is 411 g/mol. The van der Waals surface area contributed by atoms with Gasteiger partial charge in [-0.25, -0.2) is 4.21 Å². The maximum atomic E-state index is 12.9. The Morgan fingerprint density at radius 3 is 2.21 bits per heavy atom. The minimum atomic E-state index is -1.99. The first-order valence-electron chi connectivity index (χ1n) is 9.77. The van der Waals surface area contributed by atoms with Crippen LogP contribution in [0.5, 0.6) is 0 Å². The van der Waals surface area contributed by atoms with Crippen LogP contribution >= 0.6 is 0 Å². The van der Waals surface area contributed by atoms with Gasteiger partial charge in [-0.15, -0.1) is 5.06 Å². The Hall–Kier alpha value is -2.38.